The number of rotatable bonds is 0. The molecule has 0 aromatic heterocycles. The number of hydrogen-bond acceptors (Lipinski definition) is 3. The van der Waals surface area contributed by atoms with Gasteiger partial charge in [0.05, 0.1) is 11.5 Å². The lowest BCUT2D eigenvalue weighted by Crippen LogP contribution is -2.41. The predicted octanol–water partition coefficient (Wildman–Crippen LogP) is -0.232. The van der Waals surface area contributed by atoms with E-state index in [1.165, 1.54) is 0 Å². The zero-order valence-electron chi connectivity index (χ0n) is 6.08. The molecular formula is C6H13NO2S. The molecular weight excluding hydrogens is 150 g/mol. The molecule has 2 atom stereocenters. The average molecular weight is 163 g/mol. The largest absolute Gasteiger partial charge is 0.327 e. The lowest BCUT2D eigenvalue weighted by atomic mass is 10.0. The summed E-state index contributed by atoms with van der Waals surface area (Å²) in [6.45, 7) is 2.00. The molecule has 4 heteroatoms. The van der Waals surface area contributed by atoms with Crippen molar-refractivity contribution in [1.29, 1.82) is 0 Å². The summed E-state index contributed by atoms with van der Waals surface area (Å²) < 4.78 is 21.9. The Morgan fingerprint density at radius 3 is 2.50 bits per heavy atom. The monoisotopic (exact) mass is 163 g/mol. The second kappa shape index (κ2) is 2.51. The van der Waals surface area contributed by atoms with Gasteiger partial charge in [-0.2, -0.15) is 0 Å². The fourth-order valence-electron chi connectivity index (χ4n) is 1.12. The van der Waals surface area contributed by atoms with Gasteiger partial charge in [-0.25, -0.2) is 8.42 Å². The van der Waals surface area contributed by atoms with Gasteiger partial charge in [-0.05, 0) is 12.3 Å². The van der Waals surface area contributed by atoms with Crippen LogP contribution in [0.3, 0.4) is 0 Å². The van der Waals surface area contributed by atoms with Gasteiger partial charge in [-0.3, -0.25) is 0 Å². The molecule has 0 aromatic rings. The predicted molar refractivity (Wildman–Crippen MR) is 40.4 cm³/mol. The highest BCUT2D eigenvalue weighted by Gasteiger charge is 2.27. The third-order valence-electron chi connectivity index (χ3n) is 2.06. The zero-order valence-corrected chi connectivity index (χ0v) is 6.89. The molecule has 1 aliphatic rings. The first-order valence-electron chi connectivity index (χ1n) is 3.47. The van der Waals surface area contributed by atoms with Crippen molar-refractivity contribution in [2.24, 2.45) is 11.7 Å². The molecule has 0 aromatic carbocycles. The van der Waals surface area contributed by atoms with Gasteiger partial charge in [0, 0.05) is 6.04 Å². The van der Waals surface area contributed by atoms with E-state index in [-0.39, 0.29) is 11.8 Å². The van der Waals surface area contributed by atoms with Crippen LogP contribution in [0.1, 0.15) is 13.3 Å². The Kier molecular flexibility index (Phi) is 2.01. The van der Waals surface area contributed by atoms with Crippen LogP contribution in [0, 0.1) is 5.92 Å². The van der Waals surface area contributed by atoms with Crippen LogP contribution in [-0.2, 0) is 9.84 Å². The van der Waals surface area contributed by atoms with E-state index in [1.54, 1.807) is 0 Å². The van der Waals surface area contributed by atoms with E-state index in [1.807, 2.05) is 6.92 Å². The van der Waals surface area contributed by atoms with Crippen LogP contribution < -0.4 is 5.73 Å². The van der Waals surface area contributed by atoms with Gasteiger partial charge < -0.3 is 5.73 Å². The molecule has 1 heterocycles. The van der Waals surface area contributed by atoms with Crippen molar-refractivity contribution in [3.63, 3.8) is 0 Å². The normalized spacial score (nSPS) is 39.4. The van der Waals surface area contributed by atoms with E-state index < -0.39 is 9.84 Å². The van der Waals surface area contributed by atoms with E-state index >= 15 is 0 Å². The van der Waals surface area contributed by atoms with Gasteiger partial charge in [0.25, 0.3) is 0 Å². The maximum Gasteiger partial charge on any atom is 0.151 e. The summed E-state index contributed by atoms with van der Waals surface area (Å²) in [7, 11) is -2.79. The molecule has 0 aliphatic carbocycles. The summed E-state index contributed by atoms with van der Waals surface area (Å²) in [5.74, 6) is 0.860. The molecule has 10 heavy (non-hydrogen) atoms. The summed E-state index contributed by atoms with van der Waals surface area (Å²) in [5, 5.41) is 0. The van der Waals surface area contributed by atoms with Crippen molar-refractivity contribution in [3.8, 4) is 0 Å². The molecule has 0 unspecified atom stereocenters. The van der Waals surface area contributed by atoms with E-state index in [0.29, 0.717) is 11.7 Å². The number of nitrogens with two attached hydrogens (primary N) is 1. The average Bonchev–Trinajstić information content (AvgIpc) is 1.79. The molecule has 1 rings (SSSR count). The molecule has 3 nitrogen and oxygen atoms in total. The fraction of sp³-hybridized carbons (Fsp3) is 1.00. The van der Waals surface area contributed by atoms with E-state index in [2.05, 4.69) is 0 Å². The number of hydrogen-bond donors (Lipinski definition) is 1. The molecule has 0 radical (unpaired) electrons. The van der Waals surface area contributed by atoms with Gasteiger partial charge in [0.15, 0.2) is 9.84 Å². The minimum Gasteiger partial charge on any atom is -0.327 e. The number of sulfone groups is 1. The molecule has 2 N–H and O–H groups in total. The van der Waals surface area contributed by atoms with Crippen LogP contribution >= 0.6 is 0 Å². The Labute approximate surface area is 61.5 Å². The first-order chi connectivity index (χ1) is 4.51. The topological polar surface area (TPSA) is 60.2 Å². The molecule has 0 saturated carbocycles. The molecule has 1 fully saturated rings. The van der Waals surface area contributed by atoms with Gasteiger partial charge in [-0.1, -0.05) is 6.92 Å². The molecule has 0 amide bonds. The molecule has 1 saturated heterocycles. The zero-order chi connectivity index (χ0) is 7.78. The Morgan fingerprint density at radius 2 is 2.10 bits per heavy atom. The first-order valence-corrected chi connectivity index (χ1v) is 5.29. The van der Waals surface area contributed by atoms with Gasteiger partial charge >= 0.3 is 0 Å². The van der Waals surface area contributed by atoms with Crippen molar-refractivity contribution in [1.82, 2.24) is 0 Å². The third-order valence-corrected chi connectivity index (χ3v) is 3.81. The van der Waals surface area contributed by atoms with Gasteiger partial charge in [-0.15, -0.1) is 0 Å². The summed E-state index contributed by atoms with van der Waals surface area (Å²) in [6.07, 6.45) is 0.726. The van der Waals surface area contributed by atoms with E-state index in [4.69, 9.17) is 5.73 Å². The second-order valence-corrected chi connectivity index (χ2v) is 5.27. The van der Waals surface area contributed by atoms with Crippen molar-refractivity contribution in [3.05, 3.63) is 0 Å². The van der Waals surface area contributed by atoms with Crippen LogP contribution in [0.4, 0.5) is 0 Å². The van der Waals surface area contributed by atoms with Crippen LogP contribution in [0.25, 0.3) is 0 Å². The van der Waals surface area contributed by atoms with Crippen molar-refractivity contribution in [2.45, 2.75) is 19.4 Å². The third kappa shape index (κ3) is 1.70. The van der Waals surface area contributed by atoms with Crippen LogP contribution in [-0.4, -0.2) is 26.0 Å². The maximum absolute atomic E-state index is 10.9. The highest BCUT2D eigenvalue weighted by Crippen LogP contribution is 2.16. The first kappa shape index (κ1) is 8.01. The van der Waals surface area contributed by atoms with Crippen molar-refractivity contribution < 1.29 is 8.42 Å². The minimum atomic E-state index is -2.79. The lowest BCUT2D eigenvalue weighted by molar-refractivity contribution is 0.443. The Morgan fingerprint density at radius 1 is 1.50 bits per heavy atom. The molecule has 1 aliphatic heterocycles. The van der Waals surface area contributed by atoms with E-state index in [9.17, 15) is 8.42 Å². The van der Waals surface area contributed by atoms with E-state index in [0.717, 1.165) is 6.42 Å². The van der Waals surface area contributed by atoms with Crippen molar-refractivity contribution >= 4 is 9.84 Å². The maximum atomic E-state index is 10.9. The highest BCUT2D eigenvalue weighted by molar-refractivity contribution is 7.91. The quantitative estimate of drug-likeness (QED) is 0.536. The second-order valence-electron chi connectivity index (χ2n) is 3.04. The van der Waals surface area contributed by atoms with Crippen LogP contribution in [0.2, 0.25) is 0 Å². The SMILES string of the molecule is C[C@H]1CCS(=O)(=O)C[C@H]1N. The molecule has 0 bridgehead atoms. The summed E-state index contributed by atoms with van der Waals surface area (Å²) >= 11 is 0. The molecule has 0 spiro atoms. The Balaban J connectivity index is 2.66. The van der Waals surface area contributed by atoms with Crippen LogP contribution in [0.15, 0.2) is 0 Å². The summed E-state index contributed by atoms with van der Waals surface area (Å²) in [4.78, 5) is 0. The lowest BCUT2D eigenvalue weighted by Gasteiger charge is -2.24. The smallest absolute Gasteiger partial charge is 0.151 e. The highest BCUT2D eigenvalue weighted by atomic mass is 32.2. The van der Waals surface area contributed by atoms with Crippen molar-refractivity contribution in [2.75, 3.05) is 11.5 Å². The van der Waals surface area contributed by atoms with Gasteiger partial charge in [0.1, 0.15) is 0 Å². The fourth-order valence-corrected chi connectivity index (χ4v) is 2.93. The standard InChI is InChI=1S/C6H13NO2S/c1-5-2-3-10(8,9)4-6(5)7/h5-6H,2-4,7H2,1H3/t5-,6+/m0/s1. The molecule has 60 valence electrons. The Hall–Kier alpha value is -0.0900. The van der Waals surface area contributed by atoms with Gasteiger partial charge in [0.2, 0.25) is 0 Å². The summed E-state index contributed by atoms with van der Waals surface area (Å²) in [5.41, 5.74) is 5.57. The van der Waals surface area contributed by atoms with Crippen LogP contribution in [0.5, 0.6) is 0 Å². The minimum absolute atomic E-state index is 0.140. The summed E-state index contributed by atoms with van der Waals surface area (Å²) in [6, 6.07) is -0.140. The Bertz CT molecular complexity index is 210.